The van der Waals surface area contributed by atoms with Gasteiger partial charge in [0, 0.05) is 88.4 Å². The van der Waals surface area contributed by atoms with Crippen molar-refractivity contribution >= 4 is 47.1 Å². The van der Waals surface area contributed by atoms with Gasteiger partial charge >= 0.3 is 12.1 Å². The largest absolute Gasteiger partial charge is 0.449 e. The number of rotatable bonds is 41. The van der Waals surface area contributed by atoms with Crippen molar-refractivity contribution in [3.05, 3.63) is 59.7 Å². The number of thioether (sulfide) groups is 1. The Labute approximate surface area is 447 Å². The van der Waals surface area contributed by atoms with Crippen LogP contribution < -0.4 is 21.3 Å². The molecule has 1 aliphatic carbocycles. The molecule has 2 fully saturated rings. The minimum atomic E-state index is -0.637. The van der Waals surface area contributed by atoms with Crippen molar-refractivity contribution < 1.29 is 47.7 Å². The number of benzene rings is 2. The van der Waals surface area contributed by atoms with Gasteiger partial charge in [0.25, 0.3) is 0 Å². The van der Waals surface area contributed by atoms with Gasteiger partial charge < -0.3 is 40.2 Å². The molecule has 3 aliphatic rings. The summed E-state index contributed by atoms with van der Waals surface area (Å²) in [6, 6.07) is 16.3. The van der Waals surface area contributed by atoms with Crippen molar-refractivity contribution in [2.24, 2.45) is 0 Å². The number of carbonyl (C=O) groups excluding carboxylic acids is 6. The second kappa shape index (κ2) is 38.3. The summed E-state index contributed by atoms with van der Waals surface area (Å²) in [6.45, 7) is 10.8. The second-order valence-electron chi connectivity index (χ2n) is 19.9. The number of hydrogen-bond acceptors (Lipinski definition) is 11. The van der Waals surface area contributed by atoms with Crippen LogP contribution in [-0.2, 0) is 38.1 Å². The van der Waals surface area contributed by atoms with E-state index in [4.69, 9.17) is 18.9 Å². The van der Waals surface area contributed by atoms with Gasteiger partial charge in [0.05, 0.1) is 31.3 Å². The Kier molecular flexibility index (Phi) is 32.2. The number of urea groups is 1. The third-order valence-corrected chi connectivity index (χ3v) is 15.6. The Hall–Kier alpha value is -4.31. The molecule has 4 N–H and O–H groups in total. The summed E-state index contributed by atoms with van der Waals surface area (Å²) in [5.74, 6) is 1.70. The van der Waals surface area contributed by atoms with Crippen molar-refractivity contribution in [2.75, 3.05) is 58.5 Å². The highest BCUT2D eigenvalue weighted by molar-refractivity contribution is 8.00. The minimum Gasteiger partial charge on any atom is -0.449 e. The molecule has 2 aliphatic heterocycles. The Morgan fingerprint density at radius 2 is 1.19 bits per heavy atom. The summed E-state index contributed by atoms with van der Waals surface area (Å²) < 4.78 is 21.8. The van der Waals surface area contributed by atoms with Gasteiger partial charge in [0.1, 0.15) is 18.2 Å². The average molecular weight is 1050 g/mol. The van der Waals surface area contributed by atoms with Gasteiger partial charge in [-0.15, -0.1) is 0 Å². The first-order valence-electron chi connectivity index (χ1n) is 28.5. The highest BCUT2D eigenvalue weighted by Crippen LogP contribution is 2.44. The molecule has 4 atom stereocenters. The number of ketones is 3. The van der Waals surface area contributed by atoms with E-state index in [1.54, 1.807) is 0 Å². The van der Waals surface area contributed by atoms with E-state index in [0.29, 0.717) is 127 Å². The fraction of sp³-hybridized carbons (Fsp3) is 0.695. The monoisotopic (exact) mass is 1050 g/mol. The summed E-state index contributed by atoms with van der Waals surface area (Å²) in [5, 5.41) is 12.3. The van der Waals surface area contributed by atoms with Crippen LogP contribution in [0.15, 0.2) is 48.5 Å². The highest BCUT2D eigenvalue weighted by atomic mass is 32.2. The number of hydrogen-bond donors (Lipinski definition) is 4. The predicted molar refractivity (Wildman–Crippen MR) is 296 cm³/mol. The number of alkyl carbamates (subject to hydrolysis) is 1. The summed E-state index contributed by atoms with van der Waals surface area (Å²) in [7, 11) is 0. The average Bonchev–Trinajstić information content (AvgIpc) is 4.07. The summed E-state index contributed by atoms with van der Waals surface area (Å²) in [6.07, 6.45) is 19.5. The lowest BCUT2D eigenvalue weighted by Crippen LogP contribution is -2.41. The number of carbonyl (C=O) groups is 6. The van der Waals surface area contributed by atoms with Crippen molar-refractivity contribution in [3.63, 3.8) is 0 Å². The molecule has 2 aromatic rings. The SMILES string of the molecule is CCCCCCC(=O)CCCCCCC(=O)NCCCC[C@H](NC(=O)OCC1c2ccccc2-c2ccccc21)C(=O)CCCCOCC.CCOCCOCCCCC(=O)CCCC[C@@H]1SC[C@@H]2NC(=O)N[C@@H]21. The molecule has 15 heteroatoms. The van der Waals surface area contributed by atoms with Crippen LogP contribution >= 0.6 is 11.8 Å². The van der Waals surface area contributed by atoms with E-state index in [-0.39, 0.29) is 36.3 Å². The van der Waals surface area contributed by atoms with E-state index in [9.17, 15) is 28.8 Å². The van der Waals surface area contributed by atoms with Crippen LogP contribution in [0.5, 0.6) is 0 Å². The molecule has 14 nitrogen and oxygen atoms in total. The number of fused-ring (bicyclic) bond motifs is 4. The summed E-state index contributed by atoms with van der Waals surface area (Å²) >= 11 is 1.94. The van der Waals surface area contributed by atoms with Crippen LogP contribution in [0.2, 0.25) is 0 Å². The van der Waals surface area contributed by atoms with E-state index in [2.05, 4.69) is 52.5 Å². The number of ether oxygens (including phenoxy) is 4. The lowest BCUT2D eigenvalue weighted by molar-refractivity contribution is -0.122. The lowest BCUT2D eigenvalue weighted by Gasteiger charge is -2.19. The van der Waals surface area contributed by atoms with Crippen LogP contribution in [0.4, 0.5) is 9.59 Å². The summed E-state index contributed by atoms with van der Waals surface area (Å²) in [4.78, 5) is 73.7. The fourth-order valence-corrected chi connectivity index (χ4v) is 11.4. The molecule has 0 radical (unpaired) electrons. The number of Topliss-reactive ketones (excluding diaryl/α,β-unsaturated/α-hetero) is 3. The Morgan fingerprint density at radius 3 is 1.85 bits per heavy atom. The third kappa shape index (κ3) is 24.6. The van der Waals surface area contributed by atoms with E-state index < -0.39 is 12.1 Å². The van der Waals surface area contributed by atoms with E-state index in [1.165, 1.54) is 12.8 Å². The molecule has 0 aromatic heterocycles. The topological polar surface area (TPSA) is 187 Å². The quantitative estimate of drug-likeness (QED) is 0.0367. The van der Waals surface area contributed by atoms with Crippen molar-refractivity contribution in [1.29, 1.82) is 0 Å². The molecule has 0 unspecified atom stereocenters. The van der Waals surface area contributed by atoms with Gasteiger partial charge in [-0.25, -0.2) is 9.59 Å². The Morgan fingerprint density at radius 1 is 0.622 bits per heavy atom. The lowest BCUT2D eigenvalue weighted by atomic mass is 9.98. The van der Waals surface area contributed by atoms with Crippen molar-refractivity contribution in [1.82, 2.24) is 21.3 Å². The molecule has 5 rings (SSSR count). The molecule has 74 heavy (non-hydrogen) atoms. The fourth-order valence-electron chi connectivity index (χ4n) is 9.87. The standard InChI is InChI=1S/C41H60N2O6.C18H32N2O4S/c1-3-5-6-9-20-32(44)21-10-7-8-11-28-40(46)42-29-18-16-26-38(39(45)27-17-19-30-48-4-2)43-41(47)49-31-37-35-24-14-12-22-33(35)34-23-13-15-25-36(34)37;1-2-23-11-12-24-10-6-5-8-14(21)7-3-4-9-16-17-15(13-25-16)19-18(22)20-17/h12-15,22-25,37-38H,3-11,16-21,26-31H2,1-2H3,(H,42,46)(H,43,47);15-17H,2-13H2,1H3,(H2,19,20,22)/t38-;15-,16-,17-/m00/s1. The zero-order valence-electron chi connectivity index (χ0n) is 45.3. The molecule has 2 saturated heterocycles. The van der Waals surface area contributed by atoms with Crippen LogP contribution in [0.3, 0.4) is 0 Å². The maximum atomic E-state index is 13.2. The molecule has 0 saturated carbocycles. The molecule has 4 amide bonds. The van der Waals surface area contributed by atoms with Crippen LogP contribution in [-0.4, -0.2) is 117 Å². The van der Waals surface area contributed by atoms with Crippen LogP contribution in [0, 0.1) is 0 Å². The zero-order valence-corrected chi connectivity index (χ0v) is 46.1. The van der Waals surface area contributed by atoms with E-state index >= 15 is 0 Å². The summed E-state index contributed by atoms with van der Waals surface area (Å²) in [5.41, 5.74) is 4.60. The van der Waals surface area contributed by atoms with Crippen molar-refractivity contribution in [2.45, 2.75) is 204 Å². The molecule has 0 bridgehead atoms. The molecular formula is C59H92N4O10S. The van der Waals surface area contributed by atoms with Gasteiger partial charge in [0.15, 0.2) is 5.78 Å². The van der Waals surface area contributed by atoms with Gasteiger partial charge in [-0.1, -0.05) is 94.0 Å². The maximum absolute atomic E-state index is 13.2. The number of amides is 4. The van der Waals surface area contributed by atoms with E-state index in [1.807, 2.05) is 49.9 Å². The normalized spacial score (nSPS) is 16.7. The minimum absolute atomic E-state index is 0.00719. The van der Waals surface area contributed by atoms with Crippen LogP contribution in [0.1, 0.15) is 192 Å². The molecule has 0 spiro atoms. The molecule has 414 valence electrons. The Balaban J connectivity index is 0.000000396. The first kappa shape index (κ1) is 62.2. The van der Waals surface area contributed by atoms with Crippen molar-refractivity contribution in [3.8, 4) is 11.1 Å². The van der Waals surface area contributed by atoms with Gasteiger partial charge in [-0.2, -0.15) is 11.8 Å². The highest BCUT2D eigenvalue weighted by Gasteiger charge is 2.42. The van der Waals surface area contributed by atoms with Gasteiger partial charge in [0.2, 0.25) is 5.91 Å². The molecule has 2 aromatic carbocycles. The maximum Gasteiger partial charge on any atom is 0.407 e. The molecule has 2 heterocycles. The van der Waals surface area contributed by atoms with Gasteiger partial charge in [-0.05, 0) is 113 Å². The van der Waals surface area contributed by atoms with E-state index in [0.717, 1.165) is 112 Å². The Bertz CT molecular complexity index is 1910. The predicted octanol–water partition coefficient (Wildman–Crippen LogP) is 11.3. The zero-order chi connectivity index (χ0) is 53.0. The smallest absolute Gasteiger partial charge is 0.407 e. The third-order valence-electron chi connectivity index (χ3n) is 14.1. The first-order valence-corrected chi connectivity index (χ1v) is 29.6. The van der Waals surface area contributed by atoms with Gasteiger partial charge in [-0.3, -0.25) is 19.2 Å². The molecular weight excluding hydrogens is 957 g/mol. The number of unbranched alkanes of at least 4 members (excludes halogenated alkanes) is 10. The van der Waals surface area contributed by atoms with Crippen LogP contribution in [0.25, 0.3) is 11.1 Å². The first-order chi connectivity index (χ1) is 36.1. The second-order valence-corrected chi connectivity index (χ2v) is 21.2. The number of nitrogens with one attached hydrogen (secondary N) is 4.